The Morgan fingerprint density at radius 3 is 2.75 bits per heavy atom. The van der Waals surface area contributed by atoms with Crippen molar-refractivity contribution in [2.75, 3.05) is 0 Å². The lowest BCUT2D eigenvalue weighted by molar-refractivity contribution is 0.133. The quantitative estimate of drug-likeness (QED) is 0.720. The fraction of sp³-hybridized carbons (Fsp3) is 0.571. The molecular weight excluding hydrogens is 203 g/mol. The second-order valence-corrected chi connectivity index (χ2v) is 4.84. The maximum absolute atomic E-state index is 13.7. The molecule has 2 heteroatoms. The molecule has 16 heavy (non-hydrogen) atoms. The van der Waals surface area contributed by atoms with Crippen LogP contribution >= 0.6 is 0 Å². The normalized spacial score (nSPS) is 26.4. The van der Waals surface area contributed by atoms with Crippen molar-refractivity contribution >= 4 is 0 Å². The number of aliphatic hydroxyl groups excluding tert-OH is 1. The van der Waals surface area contributed by atoms with Crippen molar-refractivity contribution in [1.29, 1.82) is 0 Å². The molecule has 1 aliphatic rings. The van der Waals surface area contributed by atoms with Gasteiger partial charge in [0.05, 0.1) is 6.10 Å². The number of aryl methyl sites for hydroxylation is 1. The number of rotatable bonds is 1. The minimum absolute atomic E-state index is 0.0117. The van der Waals surface area contributed by atoms with Crippen molar-refractivity contribution in [3.05, 3.63) is 35.1 Å². The first-order valence-electron chi connectivity index (χ1n) is 6.12. The zero-order chi connectivity index (χ0) is 11.5. The van der Waals surface area contributed by atoms with Crippen molar-refractivity contribution in [2.24, 2.45) is 0 Å². The summed E-state index contributed by atoms with van der Waals surface area (Å²) < 4.78 is 13.7. The van der Waals surface area contributed by atoms with Crippen molar-refractivity contribution in [1.82, 2.24) is 0 Å². The van der Waals surface area contributed by atoms with Crippen LogP contribution in [0.5, 0.6) is 0 Å². The fourth-order valence-corrected chi connectivity index (χ4v) is 2.60. The predicted octanol–water partition coefficient (Wildman–Crippen LogP) is 3.54. The van der Waals surface area contributed by atoms with E-state index in [0.29, 0.717) is 5.56 Å². The Bertz CT molecular complexity index is 362. The first-order chi connectivity index (χ1) is 7.68. The van der Waals surface area contributed by atoms with Gasteiger partial charge in [0.15, 0.2) is 0 Å². The Labute approximate surface area is 96.3 Å². The van der Waals surface area contributed by atoms with Gasteiger partial charge in [-0.05, 0) is 31.4 Å². The van der Waals surface area contributed by atoms with E-state index >= 15 is 0 Å². The summed E-state index contributed by atoms with van der Waals surface area (Å²) in [6.45, 7) is 1.96. The average Bonchev–Trinajstić information content (AvgIpc) is 2.47. The molecule has 0 aromatic heterocycles. The van der Waals surface area contributed by atoms with E-state index in [4.69, 9.17) is 0 Å². The van der Waals surface area contributed by atoms with E-state index in [0.717, 1.165) is 37.7 Å². The summed E-state index contributed by atoms with van der Waals surface area (Å²) in [6.07, 6.45) is 4.64. The summed E-state index contributed by atoms with van der Waals surface area (Å²) in [5.41, 5.74) is 1.77. The van der Waals surface area contributed by atoms with Crippen LogP contribution in [0.4, 0.5) is 4.39 Å². The molecule has 1 aromatic carbocycles. The molecular formula is C14H19FO. The van der Waals surface area contributed by atoms with E-state index in [1.165, 1.54) is 6.07 Å². The van der Waals surface area contributed by atoms with E-state index in [2.05, 4.69) is 0 Å². The highest BCUT2D eigenvalue weighted by Crippen LogP contribution is 2.33. The number of halogens is 1. The molecule has 1 nitrogen and oxygen atoms in total. The van der Waals surface area contributed by atoms with Crippen LogP contribution in [0.2, 0.25) is 0 Å². The first kappa shape index (κ1) is 11.6. The highest BCUT2D eigenvalue weighted by atomic mass is 19.1. The summed E-state index contributed by atoms with van der Waals surface area (Å²) in [4.78, 5) is 0. The maximum atomic E-state index is 13.7. The predicted molar refractivity (Wildman–Crippen MR) is 63.0 cm³/mol. The fourth-order valence-electron chi connectivity index (χ4n) is 2.60. The van der Waals surface area contributed by atoms with Gasteiger partial charge in [-0.2, -0.15) is 0 Å². The largest absolute Gasteiger partial charge is 0.392 e. The molecule has 1 N–H and O–H groups in total. The molecule has 1 saturated carbocycles. The number of hydrogen-bond donors (Lipinski definition) is 1. The zero-order valence-electron chi connectivity index (χ0n) is 9.75. The van der Waals surface area contributed by atoms with E-state index in [9.17, 15) is 9.50 Å². The van der Waals surface area contributed by atoms with Crippen molar-refractivity contribution in [3.8, 4) is 0 Å². The van der Waals surface area contributed by atoms with Gasteiger partial charge >= 0.3 is 0 Å². The van der Waals surface area contributed by atoms with E-state index in [1.807, 2.05) is 13.0 Å². The second-order valence-electron chi connectivity index (χ2n) is 4.84. The maximum Gasteiger partial charge on any atom is 0.126 e. The lowest BCUT2D eigenvalue weighted by Crippen LogP contribution is -2.18. The smallest absolute Gasteiger partial charge is 0.126 e. The Kier molecular flexibility index (Phi) is 3.59. The number of hydrogen-bond acceptors (Lipinski definition) is 1. The van der Waals surface area contributed by atoms with Crippen LogP contribution in [-0.2, 0) is 0 Å². The second kappa shape index (κ2) is 4.96. The highest BCUT2D eigenvalue weighted by Gasteiger charge is 2.25. The molecule has 0 heterocycles. The molecule has 0 spiro atoms. The van der Waals surface area contributed by atoms with E-state index in [1.54, 1.807) is 6.07 Å². The third-order valence-electron chi connectivity index (χ3n) is 3.53. The summed E-state index contributed by atoms with van der Waals surface area (Å²) >= 11 is 0. The number of aliphatic hydroxyl groups is 1. The molecule has 0 aliphatic heterocycles. The average molecular weight is 222 g/mol. The molecule has 2 atom stereocenters. The van der Waals surface area contributed by atoms with Gasteiger partial charge in [-0.15, -0.1) is 0 Å². The molecule has 0 amide bonds. The van der Waals surface area contributed by atoms with Gasteiger partial charge in [-0.25, -0.2) is 4.39 Å². The third-order valence-corrected chi connectivity index (χ3v) is 3.53. The topological polar surface area (TPSA) is 20.2 Å². The van der Waals surface area contributed by atoms with Crippen LogP contribution in [0.1, 0.15) is 49.1 Å². The van der Waals surface area contributed by atoms with Crippen LogP contribution in [0.15, 0.2) is 18.2 Å². The summed E-state index contributed by atoms with van der Waals surface area (Å²) in [5.74, 6) is -0.182. The Morgan fingerprint density at radius 1 is 1.19 bits per heavy atom. The molecule has 0 radical (unpaired) electrons. The molecule has 2 rings (SSSR count). The molecule has 2 unspecified atom stereocenters. The van der Waals surface area contributed by atoms with Gasteiger partial charge in [0, 0.05) is 5.92 Å². The van der Waals surface area contributed by atoms with Gasteiger partial charge in [0.25, 0.3) is 0 Å². The lowest BCUT2D eigenvalue weighted by Gasteiger charge is -2.21. The summed E-state index contributed by atoms with van der Waals surface area (Å²) in [6, 6.07) is 5.18. The monoisotopic (exact) mass is 222 g/mol. The molecule has 1 aromatic rings. The zero-order valence-corrected chi connectivity index (χ0v) is 9.75. The van der Waals surface area contributed by atoms with E-state index in [-0.39, 0.29) is 17.8 Å². The molecule has 88 valence electrons. The van der Waals surface area contributed by atoms with Gasteiger partial charge < -0.3 is 5.11 Å². The van der Waals surface area contributed by atoms with Crippen molar-refractivity contribution < 1.29 is 9.50 Å². The minimum atomic E-state index is -0.376. The summed E-state index contributed by atoms with van der Waals surface area (Å²) in [5, 5.41) is 10.1. The standard InChI is InChI=1S/C14H19FO/c1-10-7-8-13(15)12(9-10)11-5-3-2-4-6-14(11)16/h7-9,11,14,16H,2-6H2,1H3. The Morgan fingerprint density at radius 2 is 1.94 bits per heavy atom. The number of benzene rings is 1. The third kappa shape index (κ3) is 2.43. The molecule has 1 aliphatic carbocycles. The van der Waals surface area contributed by atoms with Crippen molar-refractivity contribution in [2.45, 2.75) is 51.0 Å². The Balaban J connectivity index is 2.29. The lowest BCUT2D eigenvalue weighted by atomic mass is 9.88. The summed E-state index contributed by atoms with van der Waals surface area (Å²) in [7, 11) is 0. The first-order valence-corrected chi connectivity index (χ1v) is 6.12. The van der Waals surface area contributed by atoms with Gasteiger partial charge in [-0.1, -0.05) is 37.0 Å². The SMILES string of the molecule is Cc1ccc(F)c(C2CCCCCC2O)c1. The Hall–Kier alpha value is -0.890. The molecule has 1 fully saturated rings. The van der Waals surface area contributed by atoms with Gasteiger partial charge in [-0.3, -0.25) is 0 Å². The van der Waals surface area contributed by atoms with Crippen LogP contribution < -0.4 is 0 Å². The van der Waals surface area contributed by atoms with Crippen LogP contribution in [0, 0.1) is 12.7 Å². The van der Waals surface area contributed by atoms with E-state index < -0.39 is 0 Å². The van der Waals surface area contributed by atoms with Crippen LogP contribution in [0.3, 0.4) is 0 Å². The molecule has 0 saturated heterocycles. The van der Waals surface area contributed by atoms with Gasteiger partial charge in [0.1, 0.15) is 5.82 Å². The van der Waals surface area contributed by atoms with Gasteiger partial charge in [0.2, 0.25) is 0 Å². The van der Waals surface area contributed by atoms with Crippen LogP contribution in [-0.4, -0.2) is 11.2 Å². The highest BCUT2D eigenvalue weighted by molar-refractivity contribution is 5.28. The van der Waals surface area contributed by atoms with Crippen LogP contribution in [0.25, 0.3) is 0 Å². The van der Waals surface area contributed by atoms with Crippen molar-refractivity contribution in [3.63, 3.8) is 0 Å². The minimum Gasteiger partial charge on any atom is -0.392 e. The molecule has 0 bridgehead atoms.